The van der Waals surface area contributed by atoms with Gasteiger partial charge in [-0.2, -0.15) is 0 Å². The van der Waals surface area contributed by atoms with E-state index in [9.17, 15) is 4.79 Å². The topological polar surface area (TPSA) is 37.3 Å². The van der Waals surface area contributed by atoms with Gasteiger partial charge >= 0.3 is 0 Å². The lowest BCUT2D eigenvalue weighted by Gasteiger charge is -1.95. The largest absolute Gasteiger partial charge is 0.393 e. The molecule has 0 rings (SSSR count). The van der Waals surface area contributed by atoms with Gasteiger partial charge in [-0.1, -0.05) is 12.2 Å². The lowest BCUT2D eigenvalue weighted by molar-refractivity contribution is -0.116. The predicted molar refractivity (Wildman–Crippen MR) is 45.4 cm³/mol. The van der Waals surface area contributed by atoms with Crippen LogP contribution in [-0.4, -0.2) is 17.0 Å². The molecule has 2 heteroatoms. The van der Waals surface area contributed by atoms with E-state index in [1.54, 1.807) is 13.8 Å². The average Bonchev–Trinajstić information content (AvgIpc) is 1.85. The van der Waals surface area contributed by atoms with Crippen LogP contribution in [0.5, 0.6) is 0 Å². The number of aliphatic hydroxyl groups excluding tert-OH is 1. The highest BCUT2D eigenvalue weighted by Gasteiger charge is 1.90. The molecule has 0 radical (unpaired) electrons. The Labute approximate surface area is 67.9 Å². The maximum atomic E-state index is 10.5. The third-order valence-corrected chi connectivity index (χ3v) is 1.31. The highest BCUT2D eigenvalue weighted by Crippen LogP contribution is 1.96. The number of ketones is 1. The normalized spacial score (nSPS) is 13.7. The van der Waals surface area contributed by atoms with Crippen molar-refractivity contribution in [2.24, 2.45) is 0 Å². The number of hydrogen-bond donors (Lipinski definition) is 1. The van der Waals surface area contributed by atoms with E-state index in [-0.39, 0.29) is 11.9 Å². The summed E-state index contributed by atoms with van der Waals surface area (Å²) in [4.78, 5) is 10.5. The van der Waals surface area contributed by atoms with Crippen molar-refractivity contribution in [1.82, 2.24) is 0 Å². The van der Waals surface area contributed by atoms with E-state index in [2.05, 4.69) is 0 Å². The predicted octanol–water partition coefficient (Wildman–Crippen LogP) is 1.68. The Morgan fingerprint density at radius 3 is 2.64 bits per heavy atom. The van der Waals surface area contributed by atoms with Crippen molar-refractivity contribution >= 4 is 5.78 Å². The molecule has 0 spiro atoms. The summed E-state index contributed by atoms with van der Waals surface area (Å²) in [7, 11) is 0. The molecule has 0 bridgehead atoms. The minimum atomic E-state index is -0.274. The maximum absolute atomic E-state index is 10.5. The Balaban J connectivity index is 3.23. The number of carbonyl (C=O) groups is 1. The first-order valence-corrected chi connectivity index (χ1v) is 3.95. The molecule has 0 aromatic carbocycles. The minimum Gasteiger partial charge on any atom is -0.393 e. The second-order valence-corrected chi connectivity index (χ2v) is 2.80. The Morgan fingerprint density at radius 2 is 2.18 bits per heavy atom. The van der Waals surface area contributed by atoms with E-state index >= 15 is 0 Å². The first-order chi connectivity index (χ1) is 5.13. The molecule has 0 aliphatic heterocycles. The van der Waals surface area contributed by atoms with E-state index in [1.807, 2.05) is 12.2 Å². The van der Waals surface area contributed by atoms with Crippen LogP contribution in [0.4, 0.5) is 0 Å². The van der Waals surface area contributed by atoms with E-state index < -0.39 is 0 Å². The third-order valence-electron chi connectivity index (χ3n) is 1.31. The van der Waals surface area contributed by atoms with Crippen molar-refractivity contribution in [2.45, 2.75) is 39.2 Å². The Bertz CT molecular complexity index is 136. The minimum absolute atomic E-state index is 0.215. The number of carbonyl (C=O) groups excluding carboxylic acids is 1. The van der Waals surface area contributed by atoms with E-state index in [4.69, 9.17) is 5.11 Å². The highest BCUT2D eigenvalue weighted by atomic mass is 16.3. The molecule has 0 aromatic heterocycles. The molecule has 0 unspecified atom stereocenters. The number of rotatable bonds is 5. The fourth-order valence-corrected chi connectivity index (χ4v) is 0.698. The highest BCUT2D eigenvalue weighted by molar-refractivity contribution is 5.75. The molecule has 64 valence electrons. The molecule has 11 heavy (non-hydrogen) atoms. The van der Waals surface area contributed by atoms with Gasteiger partial charge < -0.3 is 9.90 Å². The van der Waals surface area contributed by atoms with Gasteiger partial charge in [0, 0.05) is 6.42 Å². The molecule has 0 aliphatic carbocycles. The number of allylic oxidation sites excluding steroid dienone is 1. The van der Waals surface area contributed by atoms with Crippen LogP contribution in [0, 0.1) is 0 Å². The molecule has 0 aliphatic rings. The van der Waals surface area contributed by atoms with Gasteiger partial charge in [-0.15, -0.1) is 0 Å². The summed E-state index contributed by atoms with van der Waals surface area (Å²) >= 11 is 0. The first kappa shape index (κ1) is 10.4. The molecule has 1 atom stereocenters. The monoisotopic (exact) mass is 156 g/mol. The third kappa shape index (κ3) is 9.37. The Morgan fingerprint density at radius 1 is 1.55 bits per heavy atom. The summed E-state index contributed by atoms with van der Waals surface area (Å²) in [5.74, 6) is 0.215. The SMILES string of the molecule is CC(=O)CCC=CC[C@H](C)O. The summed E-state index contributed by atoms with van der Waals surface area (Å²) in [6, 6.07) is 0. The average molecular weight is 156 g/mol. The van der Waals surface area contributed by atoms with Crippen molar-refractivity contribution in [3.63, 3.8) is 0 Å². The Hall–Kier alpha value is -0.630. The van der Waals surface area contributed by atoms with Crippen LogP contribution >= 0.6 is 0 Å². The van der Waals surface area contributed by atoms with Gasteiger partial charge in [-0.3, -0.25) is 0 Å². The van der Waals surface area contributed by atoms with Gasteiger partial charge in [-0.25, -0.2) is 0 Å². The summed E-state index contributed by atoms with van der Waals surface area (Å²) in [6.45, 7) is 3.33. The molecule has 0 saturated heterocycles. The number of Topliss-reactive ketones (excluding diaryl/α,β-unsaturated/α-hetero) is 1. The van der Waals surface area contributed by atoms with Crippen LogP contribution in [0.25, 0.3) is 0 Å². The zero-order valence-electron chi connectivity index (χ0n) is 7.21. The standard InChI is InChI=1S/C9H16O2/c1-8(10)6-4-3-5-7-9(2)11/h3-4,8,10H,5-7H2,1-2H3/t8-/m0/s1. The summed E-state index contributed by atoms with van der Waals surface area (Å²) in [6.07, 6.45) is 5.65. The van der Waals surface area contributed by atoms with E-state index in [0.717, 1.165) is 6.42 Å². The second-order valence-electron chi connectivity index (χ2n) is 2.80. The molecule has 2 nitrogen and oxygen atoms in total. The molecule has 1 N–H and O–H groups in total. The second kappa shape index (κ2) is 6.10. The van der Waals surface area contributed by atoms with Crippen LogP contribution in [0.1, 0.15) is 33.1 Å². The van der Waals surface area contributed by atoms with Gasteiger partial charge in [-0.05, 0) is 26.7 Å². The fourth-order valence-electron chi connectivity index (χ4n) is 0.698. The van der Waals surface area contributed by atoms with Crippen molar-refractivity contribution in [2.75, 3.05) is 0 Å². The zero-order valence-corrected chi connectivity index (χ0v) is 7.21. The van der Waals surface area contributed by atoms with Crippen molar-refractivity contribution in [1.29, 1.82) is 0 Å². The Kier molecular flexibility index (Phi) is 5.75. The van der Waals surface area contributed by atoms with Crippen LogP contribution < -0.4 is 0 Å². The summed E-state index contributed by atoms with van der Waals surface area (Å²) in [5, 5.41) is 8.84. The molecule has 0 fully saturated rings. The van der Waals surface area contributed by atoms with Gasteiger partial charge in [0.05, 0.1) is 6.10 Å². The molecule has 0 amide bonds. The van der Waals surface area contributed by atoms with Crippen molar-refractivity contribution in [3.8, 4) is 0 Å². The molecule has 0 saturated carbocycles. The maximum Gasteiger partial charge on any atom is 0.130 e. The van der Waals surface area contributed by atoms with Crippen molar-refractivity contribution in [3.05, 3.63) is 12.2 Å². The fraction of sp³-hybridized carbons (Fsp3) is 0.667. The zero-order chi connectivity index (χ0) is 8.69. The van der Waals surface area contributed by atoms with Gasteiger partial charge in [0.1, 0.15) is 5.78 Å². The van der Waals surface area contributed by atoms with Gasteiger partial charge in [0.2, 0.25) is 0 Å². The molecule has 0 aromatic rings. The number of hydrogen-bond acceptors (Lipinski definition) is 2. The lowest BCUT2D eigenvalue weighted by Crippen LogP contribution is -1.95. The van der Waals surface area contributed by atoms with E-state index in [1.165, 1.54) is 0 Å². The molecular formula is C9H16O2. The van der Waals surface area contributed by atoms with Gasteiger partial charge in [0.25, 0.3) is 0 Å². The molecule has 0 heterocycles. The molecular weight excluding hydrogens is 140 g/mol. The van der Waals surface area contributed by atoms with Crippen LogP contribution in [0.15, 0.2) is 12.2 Å². The van der Waals surface area contributed by atoms with Crippen LogP contribution in [-0.2, 0) is 4.79 Å². The summed E-state index contributed by atoms with van der Waals surface area (Å²) in [5.41, 5.74) is 0. The van der Waals surface area contributed by atoms with Crippen LogP contribution in [0.2, 0.25) is 0 Å². The first-order valence-electron chi connectivity index (χ1n) is 3.95. The summed E-state index contributed by atoms with van der Waals surface area (Å²) < 4.78 is 0. The van der Waals surface area contributed by atoms with E-state index in [0.29, 0.717) is 12.8 Å². The van der Waals surface area contributed by atoms with Gasteiger partial charge in [0.15, 0.2) is 0 Å². The van der Waals surface area contributed by atoms with Crippen molar-refractivity contribution < 1.29 is 9.90 Å². The lowest BCUT2D eigenvalue weighted by atomic mass is 10.2. The quantitative estimate of drug-likeness (QED) is 0.615. The smallest absolute Gasteiger partial charge is 0.130 e. The van der Waals surface area contributed by atoms with Crippen LogP contribution in [0.3, 0.4) is 0 Å². The number of aliphatic hydroxyl groups is 1.